The third kappa shape index (κ3) is 4.33. The third-order valence-corrected chi connectivity index (χ3v) is 7.98. The minimum atomic E-state index is -0.228. The minimum absolute atomic E-state index is 0.180. The first kappa shape index (κ1) is 21.9. The summed E-state index contributed by atoms with van der Waals surface area (Å²) < 4.78 is 0.721. The van der Waals surface area contributed by atoms with Gasteiger partial charge in [-0.1, -0.05) is 55.5 Å². The summed E-state index contributed by atoms with van der Waals surface area (Å²) in [4.78, 5) is 27.9. The Kier molecular flexibility index (Phi) is 6.04. The molecule has 1 atom stereocenters. The molecule has 0 radical (unpaired) electrons. The first-order chi connectivity index (χ1) is 16.0. The Morgan fingerprint density at radius 1 is 0.939 bits per heavy atom. The molecule has 0 aliphatic heterocycles. The van der Waals surface area contributed by atoms with Crippen LogP contribution in [0, 0.1) is 5.92 Å². The molecular formula is C27H23BrN2O2S. The van der Waals surface area contributed by atoms with Gasteiger partial charge in [0.1, 0.15) is 5.00 Å². The molecule has 0 fully saturated rings. The number of amides is 2. The Bertz CT molecular complexity index is 1370. The SMILES string of the molecule is C[C@@H]1CCc2c(sc(NC(=O)c3ccccc3Br)c2C(=O)Nc2cccc3ccccc23)C1. The van der Waals surface area contributed by atoms with Crippen LogP contribution in [0.5, 0.6) is 0 Å². The molecule has 2 amide bonds. The highest BCUT2D eigenvalue weighted by atomic mass is 79.9. The van der Waals surface area contributed by atoms with E-state index in [0.717, 1.165) is 45.8 Å². The van der Waals surface area contributed by atoms with Crippen LogP contribution >= 0.6 is 27.3 Å². The molecule has 0 saturated heterocycles. The maximum absolute atomic E-state index is 13.6. The number of carbonyl (C=O) groups excluding carboxylic acids is 2. The van der Waals surface area contributed by atoms with E-state index in [-0.39, 0.29) is 11.8 Å². The van der Waals surface area contributed by atoms with Crippen molar-refractivity contribution in [3.8, 4) is 0 Å². The van der Waals surface area contributed by atoms with E-state index in [1.165, 1.54) is 16.2 Å². The summed E-state index contributed by atoms with van der Waals surface area (Å²) in [6, 6.07) is 21.2. The molecule has 166 valence electrons. The van der Waals surface area contributed by atoms with Crippen LogP contribution in [-0.2, 0) is 12.8 Å². The molecule has 1 aliphatic rings. The molecule has 0 spiro atoms. The number of hydrogen-bond acceptors (Lipinski definition) is 3. The van der Waals surface area contributed by atoms with E-state index in [9.17, 15) is 9.59 Å². The maximum atomic E-state index is 13.6. The van der Waals surface area contributed by atoms with Crippen molar-refractivity contribution in [2.45, 2.75) is 26.2 Å². The van der Waals surface area contributed by atoms with Gasteiger partial charge >= 0.3 is 0 Å². The van der Waals surface area contributed by atoms with Crippen molar-refractivity contribution in [1.29, 1.82) is 0 Å². The molecule has 2 N–H and O–H groups in total. The van der Waals surface area contributed by atoms with Crippen LogP contribution in [0.2, 0.25) is 0 Å². The van der Waals surface area contributed by atoms with Crippen LogP contribution in [0.25, 0.3) is 10.8 Å². The molecule has 1 aliphatic carbocycles. The van der Waals surface area contributed by atoms with Gasteiger partial charge in [-0.25, -0.2) is 0 Å². The second-order valence-electron chi connectivity index (χ2n) is 8.47. The lowest BCUT2D eigenvalue weighted by Gasteiger charge is -2.19. The van der Waals surface area contributed by atoms with Crippen molar-refractivity contribution in [2.24, 2.45) is 5.92 Å². The van der Waals surface area contributed by atoms with E-state index < -0.39 is 0 Å². The van der Waals surface area contributed by atoms with E-state index in [2.05, 4.69) is 33.5 Å². The molecule has 0 saturated carbocycles. The van der Waals surface area contributed by atoms with Crippen LogP contribution < -0.4 is 10.6 Å². The van der Waals surface area contributed by atoms with Crippen molar-refractivity contribution >= 4 is 60.5 Å². The van der Waals surface area contributed by atoms with Crippen molar-refractivity contribution in [2.75, 3.05) is 10.6 Å². The number of anilines is 2. The highest BCUT2D eigenvalue weighted by Gasteiger charge is 2.29. The van der Waals surface area contributed by atoms with Crippen molar-refractivity contribution < 1.29 is 9.59 Å². The minimum Gasteiger partial charge on any atom is -0.321 e. The lowest BCUT2D eigenvalue weighted by Crippen LogP contribution is -2.19. The summed E-state index contributed by atoms with van der Waals surface area (Å²) >= 11 is 4.98. The monoisotopic (exact) mass is 518 g/mol. The number of thiophene rings is 1. The fraction of sp³-hybridized carbons (Fsp3) is 0.185. The molecule has 5 rings (SSSR count). The number of benzene rings is 3. The molecule has 4 nitrogen and oxygen atoms in total. The topological polar surface area (TPSA) is 58.2 Å². The Labute approximate surface area is 205 Å². The van der Waals surface area contributed by atoms with Crippen molar-refractivity contribution in [3.63, 3.8) is 0 Å². The first-order valence-corrected chi connectivity index (χ1v) is 12.6. The average molecular weight is 519 g/mol. The molecule has 1 heterocycles. The van der Waals surface area contributed by atoms with Gasteiger partial charge in [-0.3, -0.25) is 9.59 Å². The van der Waals surface area contributed by atoms with Gasteiger partial charge in [-0.2, -0.15) is 0 Å². The zero-order valence-corrected chi connectivity index (χ0v) is 20.6. The van der Waals surface area contributed by atoms with E-state index in [0.29, 0.717) is 22.0 Å². The summed E-state index contributed by atoms with van der Waals surface area (Å²) in [5, 5.41) is 8.83. The summed E-state index contributed by atoms with van der Waals surface area (Å²) in [7, 11) is 0. The first-order valence-electron chi connectivity index (χ1n) is 11.0. The second kappa shape index (κ2) is 9.12. The molecule has 0 unspecified atom stereocenters. The van der Waals surface area contributed by atoms with Crippen LogP contribution in [0.15, 0.2) is 71.2 Å². The Balaban J connectivity index is 1.52. The van der Waals surface area contributed by atoms with Crippen LogP contribution in [0.1, 0.15) is 44.5 Å². The summed E-state index contributed by atoms with van der Waals surface area (Å²) in [6.45, 7) is 2.23. The number of halogens is 1. The Morgan fingerprint density at radius 3 is 2.55 bits per heavy atom. The Morgan fingerprint density at radius 2 is 1.70 bits per heavy atom. The zero-order chi connectivity index (χ0) is 22.9. The second-order valence-corrected chi connectivity index (χ2v) is 10.4. The molecular weight excluding hydrogens is 496 g/mol. The van der Waals surface area contributed by atoms with Crippen LogP contribution in [-0.4, -0.2) is 11.8 Å². The predicted octanol–water partition coefficient (Wildman–Crippen LogP) is 7.29. The molecule has 4 aromatic rings. The quantitative estimate of drug-likeness (QED) is 0.297. The van der Waals surface area contributed by atoms with Gasteiger partial charge in [0.05, 0.1) is 11.1 Å². The number of fused-ring (bicyclic) bond motifs is 2. The standard InChI is InChI=1S/C27H23BrN2O2S/c1-16-13-14-20-23(15-16)33-27(30-25(31)19-10-4-5-11-21(19)28)24(20)26(32)29-22-12-6-8-17-7-2-3-9-18(17)22/h2-12,16H,13-15H2,1H3,(H,29,32)(H,30,31)/t16-/m1/s1. The van der Waals surface area contributed by atoms with E-state index >= 15 is 0 Å². The molecule has 1 aromatic heterocycles. The zero-order valence-electron chi connectivity index (χ0n) is 18.2. The van der Waals surface area contributed by atoms with Gasteiger partial charge in [0.25, 0.3) is 11.8 Å². The highest BCUT2D eigenvalue weighted by Crippen LogP contribution is 2.40. The number of carbonyl (C=O) groups is 2. The van der Waals surface area contributed by atoms with Crippen LogP contribution in [0.3, 0.4) is 0 Å². The maximum Gasteiger partial charge on any atom is 0.258 e. The average Bonchev–Trinajstić information content (AvgIpc) is 3.16. The van der Waals surface area contributed by atoms with Gasteiger partial charge in [-0.05, 0) is 70.3 Å². The predicted molar refractivity (Wildman–Crippen MR) is 140 cm³/mol. The van der Waals surface area contributed by atoms with E-state index in [1.54, 1.807) is 6.07 Å². The summed E-state index contributed by atoms with van der Waals surface area (Å²) in [6.07, 6.45) is 2.81. The van der Waals surface area contributed by atoms with Crippen LogP contribution in [0.4, 0.5) is 10.7 Å². The van der Waals surface area contributed by atoms with Crippen molar-refractivity contribution in [1.82, 2.24) is 0 Å². The van der Waals surface area contributed by atoms with Gasteiger partial charge in [0, 0.05) is 20.4 Å². The van der Waals surface area contributed by atoms with Crippen molar-refractivity contribution in [3.05, 3.63) is 92.8 Å². The fourth-order valence-corrected chi connectivity index (χ4v) is 6.28. The number of rotatable bonds is 4. The molecule has 3 aromatic carbocycles. The van der Waals surface area contributed by atoms with Gasteiger partial charge < -0.3 is 10.6 Å². The van der Waals surface area contributed by atoms with E-state index in [1.807, 2.05) is 60.7 Å². The normalized spacial score (nSPS) is 15.2. The summed E-state index contributed by atoms with van der Waals surface area (Å²) in [5.74, 6) is 0.158. The van der Waals surface area contributed by atoms with Gasteiger partial charge in [0.2, 0.25) is 0 Å². The number of hydrogen-bond donors (Lipinski definition) is 2. The lowest BCUT2D eigenvalue weighted by molar-refractivity contribution is 0.102. The van der Waals surface area contributed by atoms with Gasteiger partial charge in [-0.15, -0.1) is 11.3 Å². The largest absolute Gasteiger partial charge is 0.321 e. The summed E-state index contributed by atoms with van der Waals surface area (Å²) in [5.41, 5.74) is 2.97. The Hall–Kier alpha value is -2.96. The third-order valence-electron chi connectivity index (χ3n) is 6.12. The van der Waals surface area contributed by atoms with Gasteiger partial charge in [0.15, 0.2) is 0 Å². The molecule has 6 heteroatoms. The molecule has 0 bridgehead atoms. The molecule has 33 heavy (non-hydrogen) atoms. The van der Waals surface area contributed by atoms with E-state index in [4.69, 9.17) is 0 Å². The smallest absolute Gasteiger partial charge is 0.258 e. The fourth-order valence-electron chi connectivity index (χ4n) is 4.41. The highest BCUT2D eigenvalue weighted by molar-refractivity contribution is 9.10. The lowest BCUT2D eigenvalue weighted by atomic mass is 9.88. The number of nitrogens with one attached hydrogen (secondary N) is 2.